The van der Waals surface area contributed by atoms with Gasteiger partial charge in [0.05, 0.1) is 11.3 Å². The van der Waals surface area contributed by atoms with Crippen molar-refractivity contribution < 1.29 is 0 Å². The van der Waals surface area contributed by atoms with Gasteiger partial charge in [-0.3, -0.25) is 5.10 Å². The molecule has 0 unspecified atom stereocenters. The number of aromatic nitrogens is 3. The van der Waals surface area contributed by atoms with Crippen LogP contribution in [-0.4, -0.2) is 28.3 Å². The number of hydrogen-bond donors (Lipinski definition) is 4. The minimum absolute atomic E-state index is 0.625. The Labute approximate surface area is 186 Å². The van der Waals surface area contributed by atoms with E-state index in [0.717, 1.165) is 47.0 Å². The highest BCUT2D eigenvalue weighted by atomic mass is 35.5. The average molecular weight is 433 g/mol. The van der Waals surface area contributed by atoms with Crippen molar-refractivity contribution >= 4 is 23.2 Å². The number of nitrogens with one attached hydrogen (secondary N) is 3. The van der Waals surface area contributed by atoms with Gasteiger partial charge in [0.25, 0.3) is 0 Å². The third-order valence-corrected chi connectivity index (χ3v) is 5.19. The lowest BCUT2D eigenvalue weighted by Gasteiger charge is -2.11. The first kappa shape index (κ1) is 20.9. The monoisotopic (exact) mass is 432 g/mol. The maximum atomic E-state index is 6.09. The summed E-state index contributed by atoms with van der Waals surface area (Å²) in [5, 5.41) is 15.2. The summed E-state index contributed by atoms with van der Waals surface area (Å²) in [7, 11) is 0. The van der Waals surface area contributed by atoms with Gasteiger partial charge in [-0.05, 0) is 48.4 Å². The standard InChI is InChI=1S/C24H25ClN6/c25-20-9-7-18(8-10-20)23-22(24(31-30-23)28-13-4-12-26)19-11-14-27-21(15-19)29-16-17-5-2-1-3-6-17/h1-3,5-11,14-15H,4,12-13,16,26H2,(H,27,29)(H2,28,30,31). The lowest BCUT2D eigenvalue weighted by Crippen LogP contribution is -2.09. The Bertz CT molecular complexity index is 1110. The van der Waals surface area contributed by atoms with E-state index in [1.54, 1.807) is 0 Å². The zero-order chi connectivity index (χ0) is 21.5. The van der Waals surface area contributed by atoms with Crippen molar-refractivity contribution in [2.24, 2.45) is 5.73 Å². The number of benzene rings is 2. The van der Waals surface area contributed by atoms with Crippen LogP contribution in [0.3, 0.4) is 0 Å². The Hall–Kier alpha value is -3.35. The van der Waals surface area contributed by atoms with Gasteiger partial charge in [-0.2, -0.15) is 5.10 Å². The summed E-state index contributed by atoms with van der Waals surface area (Å²) in [4.78, 5) is 4.49. The van der Waals surface area contributed by atoms with Crippen LogP contribution in [0.4, 0.5) is 11.6 Å². The van der Waals surface area contributed by atoms with Gasteiger partial charge in [0, 0.05) is 29.9 Å². The Morgan fingerprint density at radius 3 is 2.52 bits per heavy atom. The van der Waals surface area contributed by atoms with Crippen molar-refractivity contribution in [3.63, 3.8) is 0 Å². The molecule has 0 saturated carbocycles. The van der Waals surface area contributed by atoms with E-state index in [1.807, 2.05) is 60.8 Å². The fourth-order valence-electron chi connectivity index (χ4n) is 3.36. The van der Waals surface area contributed by atoms with Crippen molar-refractivity contribution in [1.82, 2.24) is 15.2 Å². The summed E-state index contributed by atoms with van der Waals surface area (Å²) in [5.41, 5.74) is 10.8. The van der Waals surface area contributed by atoms with Gasteiger partial charge in [0.1, 0.15) is 5.82 Å². The second-order valence-electron chi connectivity index (χ2n) is 7.17. The van der Waals surface area contributed by atoms with Crippen molar-refractivity contribution in [2.75, 3.05) is 23.7 Å². The first-order chi connectivity index (χ1) is 15.2. The molecule has 0 spiro atoms. The van der Waals surface area contributed by atoms with Crippen LogP contribution in [0.15, 0.2) is 72.9 Å². The molecule has 2 aromatic heterocycles. The van der Waals surface area contributed by atoms with Crippen molar-refractivity contribution in [3.05, 3.63) is 83.5 Å². The van der Waals surface area contributed by atoms with E-state index in [4.69, 9.17) is 17.3 Å². The Morgan fingerprint density at radius 1 is 0.935 bits per heavy atom. The highest BCUT2D eigenvalue weighted by Crippen LogP contribution is 2.37. The lowest BCUT2D eigenvalue weighted by atomic mass is 10.0. The summed E-state index contributed by atoms with van der Waals surface area (Å²) in [6.07, 6.45) is 2.67. The molecule has 4 aromatic rings. The van der Waals surface area contributed by atoms with Gasteiger partial charge in [-0.1, -0.05) is 54.1 Å². The number of aromatic amines is 1. The zero-order valence-electron chi connectivity index (χ0n) is 17.1. The molecule has 0 aliphatic rings. The van der Waals surface area contributed by atoms with E-state index < -0.39 is 0 Å². The molecule has 0 aliphatic carbocycles. The number of hydrogen-bond acceptors (Lipinski definition) is 5. The van der Waals surface area contributed by atoms with E-state index in [1.165, 1.54) is 5.56 Å². The molecule has 0 bridgehead atoms. The molecule has 0 atom stereocenters. The first-order valence-corrected chi connectivity index (χ1v) is 10.6. The predicted octanol–water partition coefficient (Wildman–Crippen LogP) is 5.16. The number of nitrogens with zero attached hydrogens (tertiary/aromatic N) is 2. The molecule has 158 valence electrons. The number of halogens is 1. The fraction of sp³-hybridized carbons (Fsp3) is 0.167. The molecule has 0 amide bonds. The van der Waals surface area contributed by atoms with Crippen LogP contribution < -0.4 is 16.4 Å². The largest absolute Gasteiger partial charge is 0.368 e. The third-order valence-electron chi connectivity index (χ3n) is 4.94. The SMILES string of the molecule is NCCCNc1n[nH]c(-c2ccc(Cl)cc2)c1-c1ccnc(NCc2ccccc2)c1. The van der Waals surface area contributed by atoms with Crippen LogP contribution in [0, 0.1) is 0 Å². The molecule has 5 N–H and O–H groups in total. The highest BCUT2D eigenvalue weighted by molar-refractivity contribution is 6.30. The molecule has 4 rings (SSSR count). The third kappa shape index (κ3) is 5.23. The van der Waals surface area contributed by atoms with E-state index in [-0.39, 0.29) is 0 Å². The molecule has 7 heteroatoms. The number of H-pyrrole nitrogens is 1. The molecule has 0 fully saturated rings. The van der Waals surface area contributed by atoms with E-state index in [9.17, 15) is 0 Å². The second kappa shape index (κ2) is 10.1. The summed E-state index contributed by atoms with van der Waals surface area (Å²) >= 11 is 6.09. The van der Waals surface area contributed by atoms with Crippen LogP contribution in [0.2, 0.25) is 5.02 Å². The van der Waals surface area contributed by atoms with Gasteiger partial charge in [-0.25, -0.2) is 4.98 Å². The Balaban J connectivity index is 1.66. The summed E-state index contributed by atoms with van der Waals surface area (Å²) in [5.74, 6) is 1.59. The van der Waals surface area contributed by atoms with Crippen LogP contribution in [-0.2, 0) is 6.54 Å². The van der Waals surface area contributed by atoms with Crippen LogP contribution in [0.25, 0.3) is 22.4 Å². The summed E-state index contributed by atoms with van der Waals surface area (Å²) in [6, 6.07) is 22.0. The molecule has 0 radical (unpaired) electrons. The summed E-state index contributed by atoms with van der Waals surface area (Å²) in [6.45, 7) is 2.08. The van der Waals surface area contributed by atoms with E-state index >= 15 is 0 Å². The van der Waals surface area contributed by atoms with Gasteiger partial charge in [0.2, 0.25) is 0 Å². The van der Waals surface area contributed by atoms with Crippen LogP contribution in [0.1, 0.15) is 12.0 Å². The average Bonchev–Trinajstić information content (AvgIpc) is 3.23. The molecule has 2 heterocycles. The second-order valence-corrected chi connectivity index (χ2v) is 7.60. The fourth-order valence-corrected chi connectivity index (χ4v) is 3.48. The van der Waals surface area contributed by atoms with Crippen molar-refractivity contribution in [2.45, 2.75) is 13.0 Å². The van der Waals surface area contributed by atoms with Crippen molar-refractivity contribution in [3.8, 4) is 22.4 Å². The Kier molecular flexibility index (Phi) is 6.82. The van der Waals surface area contributed by atoms with E-state index in [2.05, 4.69) is 37.9 Å². The predicted molar refractivity (Wildman–Crippen MR) is 128 cm³/mol. The van der Waals surface area contributed by atoms with Crippen molar-refractivity contribution in [1.29, 1.82) is 0 Å². The van der Waals surface area contributed by atoms with Gasteiger partial charge in [0.15, 0.2) is 5.82 Å². The Morgan fingerprint density at radius 2 is 1.74 bits per heavy atom. The smallest absolute Gasteiger partial charge is 0.156 e. The molecule has 2 aromatic carbocycles. The zero-order valence-corrected chi connectivity index (χ0v) is 17.9. The molecular weight excluding hydrogens is 408 g/mol. The van der Waals surface area contributed by atoms with E-state index in [0.29, 0.717) is 18.1 Å². The molecule has 0 aliphatic heterocycles. The maximum Gasteiger partial charge on any atom is 0.156 e. The maximum absolute atomic E-state index is 6.09. The molecule has 31 heavy (non-hydrogen) atoms. The normalized spacial score (nSPS) is 10.8. The molecular formula is C24H25ClN6. The minimum atomic E-state index is 0.625. The van der Waals surface area contributed by atoms with Crippen LogP contribution in [0.5, 0.6) is 0 Å². The number of rotatable bonds is 9. The number of nitrogens with two attached hydrogens (primary N) is 1. The molecule has 6 nitrogen and oxygen atoms in total. The highest BCUT2D eigenvalue weighted by Gasteiger charge is 2.17. The topological polar surface area (TPSA) is 91.6 Å². The first-order valence-electron chi connectivity index (χ1n) is 10.3. The van der Waals surface area contributed by atoms with Crippen LogP contribution >= 0.6 is 11.6 Å². The van der Waals surface area contributed by atoms with Gasteiger partial charge in [-0.15, -0.1) is 0 Å². The number of pyridine rings is 1. The quantitative estimate of drug-likeness (QED) is 0.274. The summed E-state index contributed by atoms with van der Waals surface area (Å²) < 4.78 is 0. The minimum Gasteiger partial charge on any atom is -0.368 e. The van der Waals surface area contributed by atoms with Gasteiger partial charge >= 0.3 is 0 Å². The number of anilines is 2. The lowest BCUT2D eigenvalue weighted by molar-refractivity contribution is 0.868. The van der Waals surface area contributed by atoms with Gasteiger partial charge < -0.3 is 16.4 Å². The molecule has 0 saturated heterocycles.